The minimum Gasteiger partial charge on any atom is -0.326 e. The molecule has 0 amide bonds. The number of rotatable bonds is 5. The summed E-state index contributed by atoms with van der Waals surface area (Å²) in [6.45, 7) is 4.46. The molecule has 0 unspecified atom stereocenters. The maximum Gasteiger partial charge on any atom is 0.243 e. The molecule has 4 nitrogen and oxygen atoms in total. The lowest BCUT2D eigenvalue weighted by Crippen LogP contribution is -2.27. The highest BCUT2D eigenvalue weighted by Gasteiger charge is 2.24. The van der Waals surface area contributed by atoms with E-state index >= 15 is 0 Å². The van der Waals surface area contributed by atoms with Crippen molar-refractivity contribution in [3.63, 3.8) is 0 Å². The van der Waals surface area contributed by atoms with Gasteiger partial charge in [-0.15, -0.1) is 11.3 Å². The van der Waals surface area contributed by atoms with Gasteiger partial charge in [-0.05, 0) is 48.1 Å². The van der Waals surface area contributed by atoms with E-state index in [2.05, 4.69) is 0 Å². The highest BCUT2D eigenvalue weighted by atomic mass is 32.2. The van der Waals surface area contributed by atoms with Crippen molar-refractivity contribution in [2.45, 2.75) is 31.8 Å². The summed E-state index contributed by atoms with van der Waals surface area (Å²) in [7, 11) is -1.91. The lowest BCUT2D eigenvalue weighted by molar-refractivity contribution is 0.469. The van der Waals surface area contributed by atoms with Gasteiger partial charge in [0.25, 0.3) is 0 Å². The zero-order chi connectivity index (χ0) is 15.6. The third-order valence-electron chi connectivity index (χ3n) is 3.56. The summed E-state index contributed by atoms with van der Waals surface area (Å²) >= 11 is 1.55. The van der Waals surface area contributed by atoms with Gasteiger partial charge in [0.2, 0.25) is 10.0 Å². The molecule has 0 saturated carbocycles. The summed E-state index contributed by atoms with van der Waals surface area (Å²) in [5.74, 6) is 0. The highest BCUT2D eigenvalue weighted by Crippen LogP contribution is 2.25. The molecule has 1 aromatic heterocycles. The number of thiophene rings is 1. The number of benzene rings is 1. The van der Waals surface area contributed by atoms with Crippen LogP contribution < -0.4 is 5.73 Å². The average molecular weight is 324 g/mol. The lowest BCUT2D eigenvalue weighted by Gasteiger charge is -2.19. The van der Waals surface area contributed by atoms with Crippen LogP contribution in [0.2, 0.25) is 0 Å². The molecular formula is C15H20N2O2S2. The largest absolute Gasteiger partial charge is 0.326 e. The Hall–Kier alpha value is -1.21. The molecule has 0 aliphatic rings. The molecule has 114 valence electrons. The van der Waals surface area contributed by atoms with Crippen molar-refractivity contribution in [3.05, 3.63) is 51.2 Å². The first-order chi connectivity index (χ1) is 9.86. The molecule has 21 heavy (non-hydrogen) atoms. The van der Waals surface area contributed by atoms with E-state index in [0.717, 1.165) is 21.6 Å². The van der Waals surface area contributed by atoms with Crippen LogP contribution in [-0.4, -0.2) is 19.8 Å². The average Bonchev–Trinajstić information content (AvgIpc) is 2.94. The highest BCUT2D eigenvalue weighted by molar-refractivity contribution is 7.89. The fourth-order valence-electron chi connectivity index (χ4n) is 2.16. The zero-order valence-corrected chi connectivity index (χ0v) is 14.1. The number of sulfonamides is 1. The van der Waals surface area contributed by atoms with E-state index in [1.807, 2.05) is 37.4 Å². The van der Waals surface area contributed by atoms with E-state index < -0.39 is 10.0 Å². The van der Waals surface area contributed by atoms with Crippen LogP contribution in [0.4, 0.5) is 0 Å². The predicted octanol–water partition coefficient (Wildman–Crippen LogP) is 2.64. The smallest absolute Gasteiger partial charge is 0.243 e. The van der Waals surface area contributed by atoms with E-state index in [1.54, 1.807) is 24.5 Å². The van der Waals surface area contributed by atoms with Gasteiger partial charge in [0.05, 0.1) is 4.90 Å². The number of aryl methyl sites for hydroxylation is 1. The molecule has 2 rings (SSSR count). The Morgan fingerprint density at radius 3 is 2.57 bits per heavy atom. The van der Waals surface area contributed by atoms with Crippen molar-refractivity contribution in [2.75, 3.05) is 7.05 Å². The molecular weight excluding hydrogens is 304 g/mol. The Kier molecular flexibility index (Phi) is 4.83. The monoisotopic (exact) mass is 324 g/mol. The maximum atomic E-state index is 12.8. The Morgan fingerprint density at radius 2 is 2.00 bits per heavy atom. The van der Waals surface area contributed by atoms with Crippen molar-refractivity contribution in [1.29, 1.82) is 0 Å². The van der Waals surface area contributed by atoms with Crippen molar-refractivity contribution >= 4 is 21.4 Å². The van der Waals surface area contributed by atoms with E-state index in [9.17, 15) is 8.42 Å². The first kappa shape index (κ1) is 16.2. The molecule has 0 saturated heterocycles. The predicted molar refractivity (Wildman–Crippen MR) is 86.8 cm³/mol. The molecule has 0 fully saturated rings. The first-order valence-electron chi connectivity index (χ1n) is 6.65. The third-order valence-corrected chi connectivity index (χ3v) is 6.35. The van der Waals surface area contributed by atoms with Gasteiger partial charge in [-0.3, -0.25) is 0 Å². The number of nitrogens with zero attached hydrogens (tertiary/aromatic N) is 1. The van der Waals surface area contributed by atoms with Crippen molar-refractivity contribution < 1.29 is 8.42 Å². The molecule has 0 aliphatic heterocycles. The second kappa shape index (κ2) is 6.27. The van der Waals surface area contributed by atoms with Crippen molar-refractivity contribution in [1.82, 2.24) is 4.31 Å². The quantitative estimate of drug-likeness (QED) is 0.919. The van der Waals surface area contributed by atoms with Gasteiger partial charge < -0.3 is 5.73 Å². The fourth-order valence-corrected chi connectivity index (χ4v) is 4.49. The number of nitrogens with two attached hydrogens (primary N) is 1. The molecule has 1 aromatic carbocycles. The Labute approximate surface area is 130 Å². The van der Waals surface area contributed by atoms with Crippen LogP contribution in [0.5, 0.6) is 0 Å². The minimum absolute atomic E-state index is 0.332. The Bertz CT molecular complexity index is 722. The molecule has 6 heteroatoms. The maximum absolute atomic E-state index is 12.8. The summed E-state index contributed by atoms with van der Waals surface area (Å²) in [6, 6.07) is 7.48. The summed E-state index contributed by atoms with van der Waals surface area (Å²) in [6.07, 6.45) is 0. The van der Waals surface area contributed by atoms with E-state index in [-0.39, 0.29) is 0 Å². The Morgan fingerprint density at radius 1 is 1.29 bits per heavy atom. The number of hydrogen-bond donors (Lipinski definition) is 1. The summed E-state index contributed by atoms with van der Waals surface area (Å²) in [4.78, 5) is 1.37. The lowest BCUT2D eigenvalue weighted by atomic mass is 10.1. The Balaban J connectivity index is 2.41. The summed E-state index contributed by atoms with van der Waals surface area (Å²) < 4.78 is 27.0. The van der Waals surface area contributed by atoms with Gasteiger partial charge in [0.1, 0.15) is 0 Å². The topological polar surface area (TPSA) is 63.4 Å². The SMILES string of the molecule is Cc1cc(CN)cc(S(=O)(=O)N(C)Cc2cccs2)c1C. The normalized spacial score (nSPS) is 12.0. The van der Waals surface area contributed by atoms with Crippen LogP contribution in [0.25, 0.3) is 0 Å². The van der Waals surface area contributed by atoms with Crippen LogP contribution in [0.1, 0.15) is 21.6 Å². The standard InChI is InChI=1S/C15H20N2O2S2/c1-11-7-13(9-16)8-15(12(11)2)21(18,19)17(3)10-14-5-4-6-20-14/h4-8H,9-10,16H2,1-3H3. The van der Waals surface area contributed by atoms with Gasteiger partial charge in [-0.25, -0.2) is 8.42 Å². The van der Waals surface area contributed by atoms with Gasteiger partial charge in [-0.1, -0.05) is 12.1 Å². The molecule has 0 radical (unpaired) electrons. The molecule has 1 heterocycles. The molecule has 2 aromatic rings. The molecule has 0 aliphatic carbocycles. The van der Waals surface area contributed by atoms with Crippen molar-refractivity contribution in [2.24, 2.45) is 5.73 Å². The van der Waals surface area contributed by atoms with E-state index in [1.165, 1.54) is 4.31 Å². The summed E-state index contributed by atoms with van der Waals surface area (Å²) in [5.41, 5.74) is 8.22. The van der Waals surface area contributed by atoms with Crippen LogP contribution in [0.3, 0.4) is 0 Å². The minimum atomic E-state index is -3.52. The van der Waals surface area contributed by atoms with Gasteiger partial charge in [0, 0.05) is 25.0 Å². The first-order valence-corrected chi connectivity index (χ1v) is 8.97. The zero-order valence-electron chi connectivity index (χ0n) is 12.5. The van der Waals surface area contributed by atoms with Gasteiger partial charge >= 0.3 is 0 Å². The fraction of sp³-hybridized carbons (Fsp3) is 0.333. The van der Waals surface area contributed by atoms with Crippen molar-refractivity contribution in [3.8, 4) is 0 Å². The second-order valence-electron chi connectivity index (χ2n) is 5.08. The van der Waals surface area contributed by atoms with E-state index in [4.69, 9.17) is 5.73 Å². The van der Waals surface area contributed by atoms with Crippen LogP contribution in [0, 0.1) is 13.8 Å². The molecule has 0 spiro atoms. The molecule has 2 N–H and O–H groups in total. The van der Waals surface area contributed by atoms with Gasteiger partial charge in [-0.2, -0.15) is 4.31 Å². The summed E-state index contributed by atoms with van der Waals surface area (Å²) in [5, 5.41) is 1.94. The van der Waals surface area contributed by atoms with Crippen LogP contribution in [-0.2, 0) is 23.1 Å². The van der Waals surface area contributed by atoms with E-state index in [0.29, 0.717) is 18.0 Å². The molecule has 0 atom stereocenters. The second-order valence-corrected chi connectivity index (χ2v) is 8.13. The van der Waals surface area contributed by atoms with Crippen LogP contribution >= 0.6 is 11.3 Å². The molecule has 0 bridgehead atoms. The third kappa shape index (κ3) is 3.35. The number of hydrogen-bond acceptors (Lipinski definition) is 4. The van der Waals surface area contributed by atoms with Gasteiger partial charge in [0.15, 0.2) is 0 Å². The van der Waals surface area contributed by atoms with Crippen LogP contribution in [0.15, 0.2) is 34.5 Å².